The van der Waals surface area contributed by atoms with Gasteiger partial charge in [0.2, 0.25) is 0 Å². The second-order valence-corrected chi connectivity index (χ2v) is 5.24. The molecule has 0 saturated carbocycles. The van der Waals surface area contributed by atoms with Crippen molar-refractivity contribution in [3.05, 3.63) is 34.9 Å². The maximum Gasteiger partial charge on any atom is 0.0330 e. The minimum atomic E-state index is 0.511. The van der Waals surface area contributed by atoms with Crippen LogP contribution in [-0.4, -0.2) is 18.6 Å². The Labute approximate surface area is 104 Å². The molecule has 1 N–H and O–H groups in total. The number of rotatable bonds is 6. The zero-order valence-corrected chi connectivity index (χ0v) is 11.7. The van der Waals surface area contributed by atoms with Crippen LogP contribution in [0.15, 0.2) is 18.2 Å². The summed E-state index contributed by atoms with van der Waals surface area (Å²) in [6, 6.07) is 7.25. The Morgan fingerprint density at radius 1 is 1.31 bits per heavy atom. The Bertz CT molecular complexity index is 323. The van der Waals surface area contributed by atoms with E-state index < -0.39 is 0 Å². The summed E-state index contributed by atoms with van der Waals surface area (Å²) in [5, 5.41) is 3.59. The SMILES string of the molecule is CCNC(CCSC)c1cc(C)ccc1C. The summed E-state index contributed by atoms with van der Waals surface area (Å²) < 4.78 is 0. The van der Waals surface area contributed by atoms with Gasteiger partial charge in [-0.25, -0.2) is 0 Å². The molecule has 0 radical (unpaired) electrons. The van der Waals surface area contributed by atoms with Crippen LogP contribution in [0.5, 0.6) is 0 Å². The van der Waals surface area contributed by atoms with E-state index in [2.05, 4.69) is 50.5 Å². The highest BCUT2D eigenvalue weighted by Crippen LogP contribution is 2.23. The van der Waals surface area contributed by atoms with E-state index in [-0.39, 0.29) is 0 Å². The lowest BCUT2D eigenvalue weighted by Gasteiger charge is -2.20. The Hall–Kier alpha value is -0.470. The normalized spacial score (nSPS) is 12.8. The third kappa shape index (κ3) is 3.84. The molecule has 0 spiro atoms. The molecular weight excluding hydrogens is 214 g/mol. The maximum absolute atomic E-state index is 3.59. The highest BCUT2D eigenvalue weighted by atomic mass is 32.2. The van der Waals surface area contributed by atoms with Crippen molar-refractivity contribution in [1.82, 2.24) is 5.32 Å². The van der Waals surface area contributed by atoms with Gasteiger partial charge in [-0.2, -0.15) is 11.8 Å². The van der Waals surface area contributed by atoms with Gasteiger partial charge >= 0.3 is 0 Å². The summed E-state index contributed by atoms with van der Waals surface area (Å²) in [5.41, 5.74) is 4.22. The van der Waals surface area contributed by atoms with Crippen molar-refractivity contribution in [2.45, 2.75) is 33.2 Å². The fourth-order valence-electron chi connectivity index (χ4n) is 1.98. The van der Waals surface area contributed by atoms with E-state index in [1.54, 1.807) is 0 Å². The minimum absolute atomic E-state index is 0.511. The summed E-state index contributed by atoms with van der Waals surface area (Å²) in [6.45, 7) is 7.59. The Morgan fingerprint density at radius 2 is 2.06 bits per heavy atom. The van der Waals surface area contributed by atoms with Gasteiger partial charge < -0.3 is 5.32 Å². The number of aryl methyl sites for hydroxylation is 2. The lowest BCUT2D eigenvalue weighted by molar-refractivity contribution is 0.538. The van der Waals surface area contributed by atoms with Gasteiger partial charge in [-0.3, -0.25) is 0 Å². The molecule has 0 amide bonds. The quantitative estimate of drug-likeness (QED) is 0.809. The van der Waals surface area contributed by atoms with E-state index in [1.165, 1.54) is 28.9 Å². The van der Waals surface area contributed by atoms with E-state index >= 15 is 0 Å². The predicted octanol–water partition coefficient (Wildman–Crippen LogP) is 3.71. The van der Waals surface area contributed by atoms with Gasteiger partial charge in [0.05, 0.1) is 0 Å². The molecule has 1 aromatic carbocycles. The highest BCUT2D eigenvalue weighted by molar-refractivity contribution is 7.98. The molecule has 0 fully saturated rings. The zero-order valence-electron chi connectivity index (χ0n) is 10.8. The van der Waals surface area contributed by atoms with Crippen molar-refractivity contribution < 1.29 is 0 Å². The van der Waals surface area contributed by atoms with Gasteiger partial charge in [-0.1, -0.05) is 30.7 Å². The molecule has 0 aliphatic rings. The summed E-state index contributed by atoms with van der Waals surface area (Å²) >= 11 is 1.92. The molecule has 1 aromatic rings. The number of hydrogen-bond acceptors (Lipinski definition) is 2. The van der Waals surface area contributed by atoms with Crippen molar-refractivity contribution in [1.29, 1.82) is 0 Å². The minimum Gasteiger partial charge on any atom is -0.310 e. The van der Waals surface area contributed by atoms with Gasteiger partial charge in [-0.05, 0) is 49.9 Å². The van der Waals surface area contributed by atoms with Gasteiger partial charge in [-0.15, -0.1) is 0 Å². The fraction of sp³-hybridized carbons (Fsp3) is 0.571. The van der Waals surface area contributed by atoms with E-state index in [9.17, 15) is 0 Å². The molecule has 1 atom stereocenters. The van der Waals surface area contributed by atoms with Gasteiger partial charge in [0.25, 0.3) is 0 Å². The van der Waals surface area contributed by atoms with Gasteiger partial charge in [0.15, 0.2) is 0 Å². The first kappa shape index (κ1) is 13.6. The summed E-state index contributed by atoms with van der Waals surface area (Å²) in [4.78, 5) is 0. The van der Waals surface area contributed by atoms with E-state index in [0.717, 1.165) is 6.54 Å². The van der Waals surface area contributed by atoms with Crippen LogP contribution in [0.3, 0.4) is 0 Å². The maximum atomic E-state index is 3.59. The molecule has 1 rings (SSSR count). The van der Waals surface area contributed by atoms with E-state index in [1.807, 2.05) is 11.8 Å². The van der Waals surface area contributed by atoms with Crippen molar-refractivity contribution in [2.24, 2.45) is 0 Å². The van der Waals surface area contributed by atoms with Crippen molar-refractivity contribution in [2.75, 3.05) is 18.6 Å². The van der Waals surface area contributed by atoms with Gasteiger partial charge in [0.1, 0.15) is 0 Å². The van der Waals surface area contributed by atoms with Crippen LogP contribution in [0.25, 0.3) is 0 Å². The first-order valence-corrected chi connectivity index (χ1v) is 7.38. The average Bonchev–Trinajstić information content (AvgIpc) is 2.28. The average molecular weight is 237 g/mol. The third-order valence-corrected chi connectivity index (χ3v) is 3.52. The van der Waals surface area contributed by atoms with E-state index in [0.29, 0.717) is 6.04 Å². The van der Waals surface area contributed by atoms with Crippen molar-refractivity contribution >= 4 is 11.8 Å². The predicted molar refractivity (Wildman–Crippen MR) is 75.3 cm³/mol. The van der Waals surface area contributed by atoms with Crippen LogP contribution >= 0.6 is 11.8 Å². The van der Waals surface area contributed by atoms with Crippen LogP contribution in [0, 0.1) is 13.8 Å². The molecule has 1 nitrogen and oxygen atoms in total. The zero-order chi connectivity index (χ0) is 12.0. The van der Waals surface area contributed by atoms with Crippen LogP contribution in [0.4, 0.5) is 0 Å². The summed E-state index contributed by atoms with van der Waals surface area (Å²) in [5.74, 6) is 1.21. The first-order chi connectivity index (χ1) is 7.69. The Balaban J connectivity index is 2.85. The fourth-order valence-corrected chi connectivity index (χ4v) is 2.46. The lowest BCUT2D eigenvalue weighted by atomic mass is 9.97. The Morgan fingerprint density at radius 3 is 2.69 bits per heavy atom. The topological polar surface area (TPSA) is 12.0 Å². The summed E-state index contributed by atoms with van der Waals surface area (Å²) in [7, 11) is 0. The Kier molecular flexibility index (Phi) is 5.93. The smallest absolute Gasteiger partial charge is 0.0330 e. The number of thioether (sulfide) groups is 1. The number of benzene rings is 1. The van der Waals surface area contributed by atoms with Crippen LogP contribution in [0.2, 0.25) is 0 Å². The molecule has 0 heterocycles. The van der Waals surface area contributed by atoms with Crippen molar-refractivity contribution in [3.8, 4) is 0 Å². The monoisotopic (exact) mass is 237 g/mol. The molecule has 0 aliphatic carbocycles. The molecule has 90 valence electrons. The molecule has 2 heteroatoms. The molecule has 1 unspecified atom stereocenters. The van der Waals surface area contributed by atoms with E-state index in [4.69, 9.17) is 0 Å². The lowest BCUT2D eigenvalue weighted by Crippen LogP contribution is -2.22. The standard InChI is InChI=1S/C14H23NS/c1-5-15-14(8-9-16-4)13-10-11(2)6-7-12(13)3/h6-7,10,14-15H,5,8-9H2,1-4H3. The highest BCUT2D eigenvalue weighted by Gasteiger charge is 2.12. The molecule has 0 bridgehead atoms. The molecular formula is C14H23NS. The first-order valence-electron chi connectivity index (χ1n) is 5.98. The number of hydrogen-bond donors (Lipinski definition) is 1. The molecule has 0 saturated heterocycles. The third-order valence-electron chi connectivity index (χ3n) is 2.87. The largest absolute Gasteiger partial charge is 0.310 e. The number of nitrogens with one attached hydrogen (secondary N) is 1. The van der Waals surface area contributed by atoms with Crippen LogP contribution in [-0.2, 0) is 0 Å². The molecule has 16 heavy (non-hydrogen) atoms. The second kappa shape index (κ2) is 6.97. The second-order valence-electron chi connectivity index (χ2n) is 4.25. The van der Waals surface area contributed by atoms with Crippen LogP contribution in [0.1, 0.15) is 36.1 Å². The molecule has 0 aromatic heterocycles. The molecule has 0 aliphatic heterocycles. The van der Waals surface area contributed by atoms with Gasteiger partial charge in [0, 0.05) is 6.04 Å². The van der Waals surface area contributed by atoms with Crippen molar-refractivity contribution in [3.63, 3.8) is 0 Å². The summed E-state index contributed by atoms with van der Waals surface area (Å²) in [6.07, 6.45) is 3.38. The van der Waals surface area contributed by atoms with Crippen LogP contribution < -0.4 is 5.32 Å².